The number of para-hydroxylation sites is 3. The molecule has 0 saturated carbocycles. The molecule has 11 nitrogen and oxygen atoms in total. The van der Waals surface area contributed by atoms with E-state index in [1.54, 1.807) is 66.7 Å². The molecule has 11 heteroatoms. The van der Waals surface area contributed by atoms with Gasteiger partial charge in [-0.1, -0.05) is 36.4 Å². The zero-order valence-corrected chi connectivity index (χ0v) is 21.2. The molecule has 0 unspecified atom stereocenters. The fraction of sp³-hybridized carbons (Fsp3) is 0.143. The Balaban J connectivity index is 1.39. The summed E-state index contributed by atoms with van der Waals surface area (Å²) in [6.07, 6.45) is 1.45. The second kappa shape index (κ2) is 12.3. The van der Waals surface area contributed by atoms with Gasteiger partial charge in [0.15, 0.2) is 18.1 Å². The molecular weight excluding hydrogens is 504 g/mol. The third-order valence-corrected chi connectivity index (χ3v) is 5.56. The molecule has 0 bridgehead atoms. The maximum Gasteiger partial charge on any atom is 0.329 e. The quantitative estimate of drug-likeness (QED) is 0.271. The van der Waals surface area contributed by atoms with E-state index in [0.717, 1.165) is 4.90 Å². The lowest BCUT2D eigenvalue weighted by Gasteiger charge is -2.13. The standard InChI is InChI=1S/C28H26N4O7/c1-37-22-11-7-6-10-20(22)30-25(33)16-32-27(35)21(31-28(32)36)14-18-12-13-23(24(15-18)38-2)39-17-26(34)29-19-8-4-3-5-9-19/h3-15H,16-17H2,1-2H3,(H,29,34)(H,30,33)(H,31,36)/b21-14+. The first kappa shape index (κ1) is 26.7. The van der Waals surface area contributed by atoms with Crippen molar-refractivity contribution in [3.05, 3.63) is 84.1 Å². The summed E-state index contributed by atoms with van der Waals surface area (Å²) in [6.45, 7) is -0.729. The van der Waals surface area contributed by atoms with Crippen molar-refractivity contribution in [2.24, 2.45) is 0 Å². The van der Waals surface area contributed by atoms with E-state index in [9.17, 15) is 19.2 Å². The number of urea groups is 1. The third-order valence-electron chi connectivity index (χ3n) is 5.56. The SMILES string of the molecule is COc1ccccc1NC(=O)CN1C(=O)N/C(=C/c2ccc(OCC(=O)Nc3ccccc3)c(OC)c2)C1=O. The number of benzene rings is 3. The Bertz CT molecular complexity index is 1420. The monoisotopic (exact) mass is 530 g/mol. The zero-order chi connectivity index (χ0) is 27.8. The van der Waals surface area contributed by atoms with E-state index in [1.165, 1.54) is 20.3 Å². The first-order valence-electron chi connectivity index (χ1n) is 11.8. The van der Waals surface area contributed by atoms with Crippen molar-refractivity contribution in [3.8, 4) is 17.2 Å². The number of methoxy groups -OCH3 is 2. The van der Waals surface area contributed by atoms with E-state index in [4.69, 9.17) is 14.2 Å². The van der Waals surface area contributed by atoms with Crippen LogP contribution in [0.2, 0.25) is 0 Å². The minimum atomic E-state index is -0.724. The minimum absolute atomic E-state index is 0.0111. The lowest BCUT2D eigenvalue weighted by molar-refractivity contribution is -0.127. The van der Waals surface area contributed by atoms with E-state index >= 15 is 0 Å². The fourth-order valence-electron chi connectivity index (χ4n) is 3.72. The topological polar surface area (TPSA) is 135 Å². The summed E-state index contributed by atoms with van der Waals surface area (Å²) in [5.74, 6) is -0.484. The van der Waals surface area contributed by atoms with E-state index in [0.29, 0.717) is 34.2 Å². The molecule has 0 aliphatic carbocycles. The maximum atomic E-state index is 12.8. The summed E-state index contributed by atoms with van der Waals surface area (Å²) in [5.41, 5.74) is 1.58. The first-order chi connectivity index (χ1) is 18.9. The molecule has 3 N–H and O–H groups in total. The van der Waals surface area contributed by atoms with E-state index < -0.39 is 24.4 Å². The Hall–Kier alpha value is -5.32. The maximum absolute atomic E-state index is 12.8. The Kier molecular flexibility index (Phi) is 8.42. The zero-order valence-electron chi connectivity index (χ0n) is 21.2. The van der Waals surface area contributed by atoms with Gasteiger partial charge in [-0.05, 0) is 48.0 Å². The molecule has 0 atom stereocenters. The number of nitrogens with one attached hydrogen (secondary N) is 3. The van der Waals surface area contributed by atoms with Crippen LogP contribution >= 0.6 is 0 Å². The number of ether oxygens (including phenoxy) is 3. The molecule has 1 fully saturated rings. The van der Waals surface area contributed by atoms with Crippen LogP contribution in [-0.2, 0) is 14.4 Å². The summed E-state index contributed by atoms with van der Waals surface area (Å²) in [7, 11) is 2.91. The number of anilines is 2. The molecule has 0 aromatic heterocycles. The smallest absolute Gasteiger partial charge is 0.329 e. The molecule has 3 aromatic rings. The van der Waals surface area contributed by atoms with Crippen LogP contribution in [0.15, 0.2) is 78.5 Å². The van der Waals surface area contributed by atoms with Crippen LogP contribution in [0.1, 0.15) is 5.56 Å². The predicted molar refractivity (Wildman–Crippen MR) is 143 cm³/mol. The molecule has 0 spiro atoms. The molecule has 4 rings (SSSR count). The van der Waals surface area contributed by atoms with Gasteiger partial charge in [-0.3, -0.25) is 14.4 Å². The van der Waals surface area contributed by atoms with Crippen molar-refractivity contribution in [1.82, 2.24) is 10.2 Å². The Labute approximate surface area is 224 Å². The number of hydrogen-bond acceptors (Lipinski definition) is 7. The van der Waals surface area contributed by atoms with Gasteiger partial charge in [-0.2, -0.15) is 0 Å². The van der Waals surface area contributed by atoms with Gasteiger partial charge in [0.1, 0.15) is 18.0 Å². The highest BCUT2D eigenvalue weighted by Crippen LogP contribution is 2.29. The number of carbonyl (C=O) groups excluding carboxylic acids is 4. The van der Waals surface area contributed by atoms with Gasteiger partial charge in [-0.15, -0.1) is 0 Å². The van der Waals surface area contributed by atoms with Crippen LogP contribution in [0.25, 0.3) is 6.08 Å². The number of hydrogen-bond donors (Lipinski definition) is 3. The molecule has 1 aliphatic rings. The van der Waals surface area contributed by atoms with Gasteiger partial charge < -0.3 is 30.2 Å². The molecule has 1 aliphatic heterocycles. The van der Waals surface area contributed by atoms with Gasteiger partial charge in [-0.25, -0.2) is 9.69 Å². The first-order valence-corrected chi connectivity index (χ1v) is 11.8. The molecule has 200 valence electrons. The van der Waals surface area contributed by atoms with E-state index in [-0.39, 0.29) is 18.2 Å². The number of carbonyl (C=O) groups is 4. The molecule has 39 heavy (non-hydrogen) atoms. The number of imide groups is 1. The van der Waals surface area contributed by atoms with Crippen molar-refractivity contribution < 1.29 is 33.4 Å². The fourth-order valence-corrected chi connectivity index (χ4v) is 3.72. The third kappa shape index (κ3) is 6.72. The lowest BCUT2D eigenvalue weighted by atomic mass is 10.1. The second-order valence-corrected chi connectivity index (χ2v) is 8.24. The number of amides is 5. The number of nitrogens with zero attached hydrogens (tertiary/aromatic N) is 1. The van der Waals surface area contributed by atoms with Crippen molar-refractivity contribution in [2.75, 3.05) is 38.0 Å². The highest BCUT2D eigenvalue weighted by Gasteiger charge is 2.35. The van der Waals surface area contributed by atoms with E-state index in [2.05, 4.69) is 16.0 Å². The molecule has 5 amide bonds. The van der Waals surface area contributed by atoms with Gasteiger partial charge in [0.2, 0.25) is 5.91 Å². The van der Waals surface area contributed by atoms with Gasteiger partial charge >= 0.3 is 6.03 Å². The van der Waals surface area contributed by atoms with E-state index in [1.807, 2.05) is 6.07 Å². The Morgan fingerprint density at radius 3 is 2.31 bits per heavy atom. The minimum Gasteiger partial charge on any atom is -0.495 e. The average Bonchev–Trinajstić information content (AvgIpc) is 3.20. The van der Waals surface area contributed by atoms with Crippen LogP contribution in [0.4, 0.5) is 16.2 Å². The predicted octanol–water partition coefficient (Wildman–Crippen LogP) is 3.25. The van der Waals surface area contributed by atoms with Gasteiger partial charge in [0.25, 0.3) is 11.8 Å². The van der Waals surface area contributed by atoms with Crippen molar-refractivity contribution in [1.29, 1.82) is 0 Å². The highest BCUT2D eigenvalue weighted by atomic mass is 16.5. The highest BCUT2D eigenvalue weighted by molar-refractivity contribution is 6.16. The van der Waals surface area contributed by atoms with Crippen LogP contribution in [0, 0.1) is 0 Å². The number of rotatable bonds is 10. The average molecular weight is 531 g/mol. The molecular formula is C28H26N4O7. The molecule has 0 radical (unpaired) electrons. The van der Waals surface area contributed by atoms with Crippen molar-refractivity contribution >= 4 is 41.2 Å². The largest absolute Gasteiger partial charge is 0.495 e. The summed E-state index contributed by atoms with van der Waals surface area (Å²) in [6, 6.07) is 19.9. The van der Waals surface area contributed by atoms with Crippen LogP contribution < -0.4 is 30.2 Å². The molecule has 3 aromatic carbocycles. The normalized spacial score (nSPS) is 13.6. The van der Waals surface area contributed by atoms with Crippen LogP contribution in [0.5, 0.6) is 17.2 Å². The Morgan fingerprint density at radius 1 is 0.846 bits per heavy atom. The summed E-state index contributed by atoms with van der Waals surface area (Å²) >= 11 is 0. The summed E-state index contributed by atoms with van der Waals surface area (Å²) in [5, 5.41) is 7.83. The van der Waals surface area contributed by atoms with Gasteiger partial charge in [0.05, 0.1) is 19.9 Å². The van der Waals surface area contributed by atoms with Gasteiger partial charge in [0, 0.05) is 5.69 Å². The lowest BCUT2D eigenvalue weighted by Crippen LogP contribution is -2.38. The Morgan fingerprint density at radius 2 is 1.56 bits per heavy atom. The molecule has 1 heterocycles. The molecule has 1 saturated heterocycles. The van der Waals surface area contributed by atoms with Crippen LogP contribution in [0.3, 0.4) is 0 Å². The second-order valence-electron chi connectivity index (χ2n) is 8.24. The van der Waals surface area contributed by atoms with Crippen molar-refractivity contribution in [2.45, 2.75) is 0 Å². The van der Waals surface area contributed by atoms with Crippen LogP contribution in [-0.4, -0.2) is 56.0 Å². The van der Waals surface area contributed by atoms with Crippen molar-refractivity contribution in [3.63, 3.8) is 0 Å². The summed E-state index contributed by atoms with van der Waals surface area (Å²) < 4.78 is 16.2. The summed E-state index contributed by atoms with van der Waals surface area (Å²) in [4.78, 5) is 50.8.